The summed E-state index contributed by atoms with van der Waals surface area (Å²) in [4.78, 5) is 0. The molecule has 0 fully saturated rings. The van der Waals surface area contributed by atoms with Gasteiger partial charge in [-0.25, -0.2) is 0 Å². The van der Waals surface area contributed by atoms with Crippen molar-refractivity contribution in [3.63, 3.8) is 0 Å². The Hall–Kier alpha value is -3.52. The minimum absolute atomic E-state index is 0.0570. The first kappa shape index (κ1) is 16.6. The number of rotatable bonds is 3. The van der Waals surface area contributed by atoms with Gasteiger partial charge in [0.1, 0.15) is 5.75 Å². The van der Waals surface area contributed by atoms with Crippen LogP contribution in [0.25, 0.3) is 21.7 Å². The van der Waals surface area contributed by atoms with Gasteiger partial charge in [-0.2, -0.15) is 0 Å². The van der Waals surface area contributed by atoms with Crippen molar-refractivity contribution in [1.82, 2.24) is 4.57 Å². The lowest BCUT2D eigenvalue weighted by atomic mass is 9.82. The molecule has 2 heteroatoms. The third kappa shape index (κ3) is 2.57. The number of aryl methyl sites for hydroxylation is 1. The zero-order valence-corrected chi connectivity index (χ0v) is 15.7. The standard InChI is InChI=1S/C26H21NO/c1-27-17-22(21-13-7-8-14-23(21)27)25(19-10-3-2-4-11-19)26-20-12-6-5-9-18(20)15-16-24(26)28/h2-17,25,28H,1H3. The summed E-state index contributed by atoms with van der Waals surface area (Å²) < 4.78 is 2.17. The average molecular weight is 363 g/mol. The highest BCUT2D eigenvalue weighted by Gasteiger charge is 2.25. The first-order valence-corrected chi connectivity index (χ1v) is 9.53. The molecule has 0 saturated heterocycles. The average Bonchev–Trinajstić information content (AvgIpc) is 3.07. The molecule has 0 spiro atoms. The van der Waals surface area contributed by atoms with Gasteiger partial charge in [0.05, 0.1) is 0 Å². The summed E-state index contributed by atoms with van der Waals surface area (Å²) in [6, 6.07) is 31.0. The number of phenolic OH excluding ortho intramolecular Hbond substituents is 1. The largest absolute Gasteiger partial charge is 0.508 e. The van der Waals surface area contributed by atoms with E-state index in [4.69, 9.17) is 0 Å². The van der Waals surface area contributed by atoms with Crippen LogP contribution in [0, 0.1) is 0 Å². The van der Waals surface area contributed by atoms with Crippen LogP contribution in [-0.4, -0.2) is 9.67 Å². The van der Waals surface area contributed by atoms with E-state index in [0.717, 1.165) is 16.3 Å². The number of para-hydroxylation sites is 1. The molecule has 4 aromatic carbocycles. The fourth-order valence-corrected chi connectivity index (χ4v) is 4.34. The summed E-state index contributed by atoms with van der Waals surface area (Å²) in [7, 11) is 2.08. The third-order valence-corrected chi connectivity index (χ3v) is 5.61. The number of hydrogen-bond donors (Lipinski definition) is 1. The van der Waals surface area contributed by atoms with E-state index in [2.05, 4.69) is 78.5 Å². The molecular formula is C26H21NO. The van der Waals surface area contributed by atoms with E-state index in [9.17, 15) is 5.11 Å². The van der Waals surface area contributed by atoms with Crippen LogP contribution in [0.3, 0.4) is 0 Å². The predicted octanol–water partition coefficient (Wildman–Crippen LogP) is 6.22. The second-order valence-electron chi connectivity index (χ2n) is 7.28. The second-order valence-corrected chi connectivity index (χ2v) is 7.28. The van der Waals surface area contributed by atoms with Crippen molar-refractivity contribution >= 4 is 21.7 Å². The van der Waals surface area contributed by atoms with Gasteiger partial charge in [-0.15, -0.1) is 0 Å². The molecule has 2 nitrogen and oxygen atoms in total. The summed E-state index contributed by atoms with van der Waals surface area (Å²) in [6.45, 7) is 0. The van der Waals surface area contributed by atoms with Crippen molar-refractivity contribution in [2.75, 3.05) is 0 Å². The molecule has 5 aromatic rings. The number of aromatic nitrogens is 1. The van der Waals surface area contributed by atoms with Crippen LogP contribution < -0.4 is 0 Å². The summed E-state index contributed by atoms with van der Waals surface area (Å²) in [5, 5.41) is 14.4. The van der Waals surface area contributed by atoms with Crippen LogP contribution in [0.2, 0.25) is 0 Å². The Balaban J connectivity index is 1.89. The fraction of sp³-hybridized carbons (Fsp3) is 0.0769. The molecule has 1 unspecified atom stereocenters. The van der Waals surface area contributed by atoms with Gasteiger partial charge < -0.3 is 9.67 Å². The number of fused-ring (bicyclic) bond motifs is 2. The minimum atomic E-state index is -0.0570. The Morgan fingerprint density at radius 1 is 0.714 bits per heavy atom. The van der Waals surface area contributed by atoms with Crippen molar-refractivity contribution < 1.29 is 5.11 Å². The van der Waals surface area contributed by atoms with E-state index >= 15 is 0 Å². The van der Waals surface area contributed by atoms with Gasteiger partial charge in [0, 0.05) is 35.6 Å². The molecule has 0 aliphatic heterocycles. The Labute approximate surface area is 164 Å². The van der Waals surface area contributed by atoms with E-state index < -0.39 is 0 Å². The molecule has 0 amide bonds. The third-order valence-electron chi connectivity index (χ3n) is 5.61. The molecule has 28 heavy (non-hydrogen) atoms. The molecule has 0 saturated carbocycles. The lowest BCUT2D eigenvalue weighted by Crippen LogP contribution is -2.04. The van der Waals surface area contributed by atoms with Crippen molar-refractivity contribution in [1.29, 1.82) is 0 Å². The van der Waals surface area contributed by atoms with E-state index in [1.165, 1.54) is 22.0 Å². The van der Waals surface area contributed by atoms with Gasteiger partial charge in [0.2, 0.25) is 0 Å². The second kappa shape index (κ2) is 6.58. The topological polar surface area (TPSA) is 25.2 Å². The minimum Gasteiger partial charge on any atom is -0.508 e. The monoisotopic (exact) mass is 363 g/mol. The van der Waals surface area contributed by atoms with Gasteiger partial charge in [0.25, 0.3) is 0 Å². The molecule has 0 aliphatic rings. The predicted molar refractivity (Wildman–Crippen MR) is 116 cm³/mol. The highest BCUT2D eigenvalue weighted by Crippen LogP contribution is 2.43. The Kier molecular flexibility index (Phi) is 3.91. The lowest BCUT2D eigenvalue weighted by molar-refractivity contribution is 0.468. The molecule has 1 N–H and O–H groups in total. The first-order valence-electron chi connectivity index (χ1n) is 9.53. The van der Waals surface area contributed by atoms with E-state index in [-0.39, 0.29) is 5.92 Å². The van der Waals surface area contributed by atoms with Crippen LogP contribution in [0.15, 0.2) is 97.2 Å². The zero-order valence-electron chi connectivity index (χ0n) is 15.7. The maximum absolute atomic E-state index is 11.0. The number of phenols is 1. The highest BCUT2D eigenvalue weighted by molar-refractivity contribution is 5.92. The Bertz CT molecular complexity index is 1280. The molecule has 136 valence electrons. The van der Waals surface area contributed by atoms with Crippen molar-refractivity contribution in [3.8, 4) is 5.75 Å². The maximum Gasteiger partial charge on any atom is 0.120 e. The van der Waals surface area contributed by atoms with Crippen molar-refractivity contribution in [3.05, 3.63) is 114 Å². The summed E-state index contributed by atoms with van der Waals surface area (Å²) >= 11 is 0. The van der Waals surface area contributed by atoms with Crippen LogP contribution in [0.1, 0.15) is 22.6 Å². The van der Waals surface area contributed by atoms with Crippen LogP contribution in [0.4, 0.5) is 0 Å². The van der Waals surface area contributed by atoms with Gasteiger partial charge in [-0.3, -0.25) is 0 Å². The van der Waals surface area contributed by atoms with Gasteiger partial charge in [-0.1, -0.05) is 78.9 Å². The lowest BCUT2D eigenvalue weighted by Gasteiger charge is -2.21. The molecule has 1 heterocycles. The van der Waals surface area contributed by atoms with E-state index in [0.29, 0.717) is 5.75 Å². The summed E-state index contributed by atoms with van der Waals surface area (Å²) in [6.07, 6.45) is 2.20. The fourth-order valence-electron chi connectivity index (χ4n) is 4.34. The number of benzene rings is 4. The number of nitrogens with zero attached hydrogens (tertiary/aromatic N) is 1. The molecule has 1 aromatic heterocycles. The van der Waals surface area contributed by atoms with Crippen LogP contribution in [-0.2, 0) is 7.05 Å². The van der Waals surface area contributed by atoms with Crippen molar-refractivity contribution in [2.24, 2.45) is 7.05 Å². The van der Waals surface area contributed by atoms with E-state index in [1.54, 1.807) is 0 Å². The summed E-state index contributed by atoms with van der Waals surface area (Å²) in [5.74, 6) is 0.277. The quantitative estimate of drug-likeness (QED) is 0.404. The molecule has 0 radical (unpaired) electrons. The smallest absolute Gasteiger partial charge is 0.120 e. The summed E-state index contributed by atoms with van der Waals surface area (Å²) in [5.41, 5.74) is 4.53. The van der Waals surface area contributed by atoms with Gasteiger partial charge >= 0.3 is 0 Å². The van der Waals surface area contributed by atoms with Gasteiger partial charge in [0.15, 0.2) is 0 Å². The van der Waals surface area contributed by atoms with Crippen LogP contribution in [0.5, 0.6) is 5.75 Å². The number of hydrogen-bond acceptors (Lipinski definition) is 1. The molecular weight excluding hydrogens is 342 g/mol. The maximum atomic E-state index is 11.0. The Morgan fingerprint density at radius 3 is 2.21 bits per heavy atom. The van der Waals surface area contributed by atoms with E-state index in [1.807, 2.05) is 30.3 Å². The molecule has 0 aliphatic carbocycles. The van der Waals surface area contributed by atoms with Gasteiger partial charge in [-0.05, 0) is 34.0 Å². The SMILES string of the molecule is Cn1cc(C(c2ccccc2)c2c(O)ccc3ccccc23)c2ccccc21. The highest BCUT2D eigenvalue weighted by atomic mass is 16.3. The Morgan fingerprint density at radius 2 is 1.39 bits per heavy atom. The zero-order chi connectivity index (χ0) is 19.1. The normalized spacial score (nSPS) is 12.5. The van der Waals surface area contributed by atoms with Crippen molar-refractivity contribution in [2.45, 2.75) is 5.92 Å². The first-order chi connectivity index (χ1) is 13.7. The molecule has 0 bridgehead atoms. The number of aromatic hydroxyl groups is 1. The molecule has 1 atom stereocenters. The molecule has 5 rings (SSSR count). The van der Waals surface area contributed by atoms with Crippen LogP contribution >= 0.6 is 0 Å².